The van der Waals surface area contributed by atoms with Crippen molar-refractivity contribution in [1.29, 1.82) is 0 Å². The molecular formula is C20H25FN2O3S2. The maximum atomic E-state index is 13.9. The first-order valence-electron chi connectivity index (χ1n) is 8.91. The van der Waals surface area contributed by atoms with Crippen LogP contribution in [0.2, 0.25) is 0 Å². The zero-order chi connectivity index (χ0) is 20.7. The van der Waals surface area contributed by atoms with E-state index in [-0.39, 0.29) is 6.42 Å². The molecular weight excluding hydrogens is 399 g/mol. The van der Waals surface area contributed by atoms with Crippen LogP contribution in [0.1, 0.15) is 31.7 Å². The molecule has 0 unspecified atom stereocenters. The number of carbonyl (C=O) groups excluding carboxylic acids is 1. The highest BCUT2D eigenvalue weighted by Gasteiger charge is 2.27. The van der Waals surface area contributed by atoms with Gasteiger partial charge in [0.2, 0.25) is 15.9 Å². The van der Waals surface area contributed by atoms with E-state index in [0.717, 1.165) is 11.6 Å². The highest BCUT2D eigenvalue weighted by Crippen LogP contribution is 2.19. The van der Waals surface area contributed by atoms with Crippen molar-refractivity contribution in [3.8, 4) is 0 Å². The first kappa shape index (κ1) is 22.4. The second-order valence-corrected chi connectivity index (χ2v) is 9.32. The van der Waals surface area contributed by atoms with E-state index in [0.29, 0.717) is 17.4 Å². The Morgan fingerprint density at radius 3 is 2.32 bits per heavy atom. The molecule has 0 spiro atoms. The standard InChI is InChI=1S/C20H25FN2O3S2/c1-14(2)15-8-10-16(11-9-15)22-20(24)18(12-13-27-3)23-28(25,26)19-7-5-4-6-17(19)21/h4-11,14,18,23H,12-13H2,1-3H3,(H,22,24)/t18-/m1/s1. The summed E-state index contributed by atoms with van der Waals surface area (Å²) < 4.78 is 41.4. The van der Waals surface area contributed by atoms with Gasteiger partial charge in [0.25, 0.3) is 0 Å². The molecule has 8 heteroatoms. The number of sulfonamides is 1. The van der Waals surface area contributed by atoms with Gasteiger partial charge in [-0.3, -0.25) is 4.79 Å². The molecule has 0 radical (unpaired) electrons. The van der Waals surface area contributed by atoms with E-state index in [9.17, 15) is 17.6 Å². The van der Waals surface area contributed by atoms with Crippen LogP contribution in [-0.2, 0) is 14.8 Å². The molecule has 0 saturated carbocycles. The smallest absolute Gasteiger partial charge is 0.244 e. The number of hydrogen-bond donors (Lipinski definition) is 2. The van der Waals surface area contributed by atoms with Gasteiger partial charge in [0.15, 0.2) is 0 Å². The van der Waals surface area contributed by atoms with Crippen LogP contribution in [0, 0.1) is 5.82 Å². The zero-order valence-corrected chi connectivity index (χ0v) is 17.7. The molecule has 0 saturated heterocycles. The van der Waals surface area contributed by atoms with Crippen LogP contribution in [0.5, 0.6) is 0 Å². The van der Waals surface area contributed by atoms with Crippen LogP contribution < -0.4 is 10.0 Å². The van der Waals surface area contributed by atoms with Gasteiger partial charge < -0.3 is 5.32 Å². The number of carbonyl (C=O) groups is 1. The molecule has 0 aliphatic carbocycles. The molecule has 2 aromatic rings. The Hall–Kier alpha value is -1.90. The SMILES string of the molecule is CSCC[C@@H](NS(=O)(=O)c1ccccc1F)C(=O)Nc1ccc(C(C)C)cc1. The Morgan fingerprint density at radius 1 is 1.11 bits per heavy atom. The van der Waals surface area contributed by atoms with E-state index < -0.39 is 32.7 Å². The zero-order valence-electron chi connectivity index (χ0n) is 16.1. The van der Waals surface area contributed by atoms with Crippen molar-refractivity contribution in [1.82, 2.24) is 4.72 Å². The molecule has 0 aliphatic rings. The Morgan fingerprint density at radius 2 is 1.75 bits per heavy atom. The van der Waals surface area contributed by atoms with Crippen molar-refractivity contribution in [2.45, 2.75) is 37.1 Å². The van der Waals surface area contributed by atoms with Crippen LogP contribution in [0.15, 0.2) is 53.4 Å². The van der Waals surface area contributed by atoms with Gasteiger partial charge in [-0.05, 0) is 54.2 Å². The molecule has 0 bridgehead atoms. The summed E-state index contributed by atoms with van der Waals surface area (Å²) in [6, 6.07) is 11.5. The summed E-state index contributed by atoms with van der Waals surface area (Å²) in [5.41, 5.74) is 1.71. The fourth-order valence-corrected chi connectivity index (χ4v) is 4.35. The summed E-state index contributed by atoms with van der Waals surface area (Å²) >= 11 is 1.49. The van der Waals surface area contributed by atoms with Crippen LogP contribution >= 0.6 is 11.8 Å². The summed E-state index contributed by atoms with van der Waals surface area (Å²) in [6.07, 6.45) is 2.15. The van der Waals surface area contributed by atoms with Crippen LogP contribution in [-0.4, -0.2) is 32.4 Å². The third kappa shape index (κ3) is 6.05. The van der Waals surface area contributed by atoms with Crippen molar-refractivity contribution in [3.05, 3.63) is 59.9 Å². The maximum absolute atomic E-state index is 13.9. The fourth-order valence-electron chi connectivity index (χ4n) is 2.57. The Bertz CT molecular complexity index is 900. The molecule has 1 atom stereocenters. The summed E-state index contributed by atoms with van der Waals surface area (Å²) in [5, 5.41) is 2.74. The Kier molecular flexibility index (Phi) is 8.03. The van der Waals surface area contributed by atoms with Crippen LogP contribution in [0.25, 0.3) is 0 Å². The summed E-state index contributed by atoms with van der Waals surface area (Å²) in [7, 11) is -4.17. The highest BCUT2D eigenvalue weighted by atomic mass is 32.2. The summed E-state index contributed by atoms with van der Waals surface area (Å²) in [6.45, 7) is 4.15. The lowest BCUT2D eigenvalue weighted by Crippen LogP contribution is -2.44. The molecule has 5 nitrogen and oxygen atoms in total. The number of nitrogens with one attached hydrogen (secondary N) is 2. The topological polar surface area (TPSA) is 75.3 Å². The largest absolute Gasteiger partial charge is 0.325 e. The number of halogens is 1. The molecule has 0 aliphatic heterocycles. The minimum atomic E-state index is -4.17. The van der Waals surface area contributed by atoms with Crippen molar-refractivity contribution >= 4 is 33.4 Å². The normalized spacial score (nSPS) is 12.8. The second kappa shape index (κ2) is 10.0. The van der Waals surface area contributed by atoms with Gasteiger partial charge in [-0.1, -0.05) is 38.1 Å². The van der Waals surface area contributed by atoms with Crippen molar-refractivity contribution in [2.24, 2.45) is 0 Å². The number of benzene rings is 2. The highest BCUT2D eigenvalue weighted by molar-refractivity contribution is 7.98. The average molecular weight is 425 g/mol. The van der Waals surface area contributed by atoms with Gasteiger partial charge in [-0.15, -0.1) is 0 Å². The van der Waals surface area contributed by atoms with E-state index in [2.05, 4.69) is 23.9 Å². The molecule has 152 valence electrons. The lowest BCUT2D eigenvalue weighted by atomic mass is 10.0. The molecule has 28 heavy (non-hydrogen) atoms. The molecule has 1 amide bonds. The Labute approximate surface area is 170 Å². The molecule has 2 N–H and O–H groups in total. The predicted octanol–water partition coefficient (Wildman–Crippen LogP) is 3.99. The molecule has 2 aromatic carbocycles. The molecule has 2 rings (SSSR count). The number of hydrogen-bond acceptors (Lipinski definition) is 4. The van der Waals surface area contributed by atoms with Gasteiger partial charge in [0.05, 0.1) is 0 Å². The molecule has 0 fully saturated rings. The second-order valence-electron chi connectivity index (χ2n) is 6.65. The molecule has 0 heterocycles. The van der Waals surface area contributed by atoms with Crippen LogP contribution in [0.4, 0.5) is 10.1 Å². The number of rotatable bonds is 9. The number of anilines is 1. The van der Waals surface area contributed by atoms with E-state index in [4.69, 9.17) is 0 Å². The fraction of sp³-hybridized carbons (Fsp3) is 0.350. The van der Waals surface area contributed by atoms with E-state index in [1.54, 1.807) is 12.1 Å². The molecule has 0 aromatic heterocycles. The van der Waals surface area contributed by atoms with E-state index in [1.807, 2.05) is 18.4 Å². The van der Waals surface area contributed by atoms with Gasteiger partial charge in [-0.2, -0.15) is 16.5 Å². The third-order valence-corrected chi connectivity index (χ3v) is 6.34. The average Bonchev–Trinajstić information content (AvgIpc) is 2.65. The minimum absolute atomic E-state index is 0.283. The number of amides is 1. The summed E-state index contributed by atoms with van der Waals surface area (Å²) in [4.78, 5) is 12.2. The minimum Gasteiger partial charge on any atom is -0.325 e. The Balaban J connectivity index is 2.18. The van der Waals surface area contributed by atoms with Crippen LogP contribution in [0.3, 0.4) is 0 Å². The van der Waals surface area contributed by atoms with Gasteiger partial charge in [0.1, 0.15) is 16.8 Å². The number of thioether (sulfide) groups is 1. The predicted molar refractivity (Wildman–Crippen MR) is 113 cm³/mol. The lowest BCUT2D eigenvalue weighted by molar-refractivity contribution is -0.117. The third-order valence-electron chi connectivity index (χ3n) is 4.20. The van der Waals surface area contributed by atoms with Crippen molar-refractivity contribution < 1.29 is 17.6 Å². The van der Waals surface area contributed by atoms with E-state index in [1.165, 1.54) is 30.0 Å². The van der Waals surface area contributed by atoms with Crippen molar-refractivity contribution in [3.63, 3.8) is 0 Å². The lowest BCUT2D eigenvalue weighted by Gasteiger charge is -2.19. The van der Waals surface area contributed by atoms with Gasteiger partial charge >= 0.3 is 0 Å². The van der Waals surface area contributed by atoms with Gasteiger partial charge in [-0.25, -0.2) is 12.8 Å². The maximum Gasteiger partial charge on any atom is 0.244 e. The quantitative estimate of drug-likeness (QED) is 0.638. The van der Waals surface area contributed by atoms with E-state index >= 15 is 0 Å². The summed E-state index contributed by atoms with van der Waals surface area (Å²) in [5.74, 6) is -0.398. The first-order valence-corrected chi connectivity index (χ1v) is 11.8. The van der Waals surface area contributed by atoms with Gasteiger partial charge in [0, 0.05) is 5.69 Å². The van der Waals surface area contributed by atoms with Crippen molar-refractivity contribution in [2.75, 3.05) is 17.3 Å². The monoisotopic (exact) mass is 424 g/mol. The first-order chi connectivity index (χ1) is 13.2.